The molecule has 0 aromatic heterocycles. The van der Waals surface area contributed by atoms with E-state index in [9.17, 15) is 35.9 Å². The maximum atomic E-state index is 12.4. The first-order valence-electron chi connectivity index (χ1n) is 5.62. The zero-order valence-corrected chi connectivity index (χ0v) is 10.7. The van der Waals surface area contributed by atoms with Gasteiger partial charge in [-0.25, -0.2) is 4.90 Å². The topological polar surface area (TPSA) is 63.4 Å². The summed E-state index contributed by atoms with van der Waals surface area (Å²) in [4.78, 5) is 21.3. The molecule has 10 heteroatoms. The van der Waals surface area contributed by atoms with Gasteiger partial charge in [0.1, 0.15) is 0 Å². The number of amides is 2. The molecule has 0 aromatic rings. The quantitative estimate of drug-likeness (QED) is 0.640. The Kier molecular flexibility index (Phi) is 5.59. The van der Waals surface area contributed by atoms with Gasteiger partial charge in [-0.2, -0.15) is 26.3 Å². The van der Waals surface area contributed by atoms with Crippen LogP contribution in [-0.4, -0.2) is 34.7 Å². The molecule has 0 saturated carbocycles. The highest BCUT2D eigenvalue weighted by molar-refractivity contribution is 6.01. The summed E-state index contributed by atoms with van der Waals surface area (Å²) < 4.78 is 74.3. The number of carbonyl (C=O) groups is 2. The van der Waals surface area contributed by atoms with E-state index in [0.29, 0.717) is 0 Å². The van der Waals surface area contributed by atoms with E-state index in [-0.39, 0.29) is 12.8 Å². The highest BCUT2D eigenvalue weighted by Crippen LogP contribution is 2.31. The average molecular weight is 308 g/mol. The predicted octanol–water partition coefficient (Wildman–Crippen LogP) is 2.33. The van der Waals surface area contributed by atoms with Crippen molar-refractivity contribution in [3.8, 4) is 0 Å². The lowest BCUT2D eigenvalue weighted by Gasteiger charge is -2.39. The van der Waals surface area contributed by atoms with E-state index in [1.807, 2.05) is 0 Å². The number of carbonyl (C=O) groups excluding carboxylic acids is 2. The van der Waals surface area contributed by atoms with Gasteiger partial charge in [-0.15, -0.1) is 0 Å². The number of alkyl halides is 6. The monoisotopic (exact) mass is 308 g/mol. The zero-order chi connectivity index (χ0) is 16.4. The van der Waals surface area contributed by atoms with E-state index in [2.05, 4.69) is 0 Å². The third-order valence-corrected chi connectivity index (χ3v) is 2.63. The molecule has 1 unspecified atom stereocenters. The molecule has 0 aliphatic carbocycles. The summed E-state index contributed by atoms with van der Waals surface area (Å²) in [5, 5.41) is 0. The van der Waals surface area contributed by atoms with Gasteiger partial charge < -0.3 is 5.73 Å². The third kappa shape index (κ3) is 4.09. The van der Waals surface area contributed by atoms with Gasteiger partial charge in [0.05, 0.1) is 5.66 Å². The Morgan fingerprint density at radius 2 is 1.30 bits per heavy atom. The lowest BCUT2D eigenvalue weighted by Crippen LogP contribution is -2.65. The largest absolute Gasteiger partial charge is 0.471 e. The van der Waals surface area contributed by atoms with Gasteiger partial charge in [0.15, 0.2) is 0 Å². The van der Waals surface area contributed by atoms with Crippen molar-refractivity contribution in [3.63, 3.8) is 0 Å². The number of hydrogen-bond acceptors (Lipinski definition) is 3. The van der Waals surface area contributed by atoms with Crippen LogP contribution in [0.4, 0.5) is 26.3 Å². The Bertz CT molecular complexity index is 353. The Morgan fingerprint density at radius 1 is 0.950 bits per heavy atom. The maximum absolute atomic E-state index is 12.4. The molecule has 0 saturated heterocycles. The minimum absolute atomic E-state index is 0.0944. The first kappa shape index (κ1) is 18.7. The molecule has 0 radical (unpaired) electrons. The van der Waals surface area contributed by atoms with Crippen molar-refractivity contribution in [2.75, 3.05) is 0 Å². The lowest BCUT2D eigenvalue weighted by molar-refractivity contribution is -0.212. The van der Waals surface area contributed by atoms with Crippen LogP contribution in [0.1, 0.15) is 33.1 Å². The van der Waals surface area contributed by atoms with Crippen LogP contribution in [0, 0.1) is 0 Å². The number of imide groups is 1. The van der Waals surface area contributed by atoms with Gasteiger partial charge in [0, 0.05) is 0 Å². The number of rotatable bonds is 4. The molecule has 2 N–H and O–H groups in total. The van der Waals surface area contributed by atoms with Gasteiger partial charge in [0.25, 0.3) is 0 Å². The normalized spacial score (nSPS) is 15.7. The summed E-state index contributed by atoms with van der Waals surface area (Å²) in [7, 11) is 0. The van der Waals surface area contributed by atoms with Crippen molar-refractivity contribution in [2.24, 2.45) is 5.73 Å². The van der Waals surface area contributed by atoms with Crippen LogP contribution in [0.2, 0.25) is 0 Å². The van der Waals surface area contributed by atoms with Crippen molar-refractivity contribution < 1.29 is 35.9 Å². The molecule has 0 spiro atoms. The van der Waals surface area contributed by atoms with Gasteiger partial charge in [-0.05, 0) is 12.8 Å². The number of hydrogen-bond donors (Lipinski definition) is 1. The van der Waals surface area contributed by atoms with E-state index >= 15 is 0 Å². The second-order valence-corrected chi connectivity index (χ2v) is 4.15. The molecule has 20 heavy (non-hydrogen) atoms. The van der Waals surface area contributed by atoms with Crippen molar-refractivity contribution in [1.29, 1.82) is 0 Å². The molecule has 2 amide bonds. The van der Waals surface area contributed by atoms with Crippen molar-refractivity contribution in [2.45, 2.75) is 51.1 Å². The fourth-order valence-corrected chi connectivity index (χ4v) is 1.63. The van der Waals surface area contributed by atoms with Crippen LogP contribution in [0.25, 0.3) is 0 Å². The second kappa shape index (κ2) is 5.98. The predicted molar refractivity (Wildman–Crippen MR) is 56.1 cm³/mol. The van der Waals surface area contributed by atoms with Crippen LogP contribution < -0.4 is 5.73 Å². The molecule has 0 rings (SSSR count). The molecule has 1 atom stereocenters. The zero-order valence-electron chi connectivity index (χ0n) is 10.7. The lowest BCUT2D eigenvalue weighted by atomic mass is 9.99. The number of nitrogens with zero attached hydrogens (tertiary/aromatic N) is 1. The van der Waals surface area contributed by atoms with Gasteiger partial charge in [0.2, 0.25) is 0 Å². The van der Waals surface area contributed by atoms with Gasteiger partial charge in [-0.3, -0.25) is 9.59 Å². The standard InChI is InChI=1S/C10H14F6N2O2/c1-3-5-8(17,4-2)18(6(19)9(11,12)13)7(20)10(14,15)16/h3-5,17H2,1-2H3. The van der Waals surface area contributed by atoms with Gasteiger partial charge >= 0.3 is 24.2 Å². The molecule has 0 aliphatic rings. The molecule has 118 valence electrons. The van der Waals surface area contributed by atoms with Crippen LogP contribution >= 0.6 is 0 Å². The Morgan fingerprint density at radius 3 is 1.50 bits per heavy atom. The fraction of sp³-hybridized carbons (Fsp3) is 0.800. The van der Waals surface area contributed by atoms with E-state index in [1.165, 1.54) is 13.8 Å². The second-order valence-electron chi connectivity index (χ2n) is 4.15. The smallest absolute Gasteiger partial charge is 0.308 e. The Balaban J connectivity index is 5.83. The van der Waals surface area contributed by atoms with E-state index < -0.39 is 41.2 Å². The van der Waals surface area contributed by atoms with Crippen molar-refractivity contribution in [3.05, 3.63) is 0 Å². The Labute approximate surface area is 110 Å². The van der Waals surface area contributed by atoms with E-state index in [4.69, 9.17) is 5.73 Å². The van der Waals surface area contributed by atoms with E-state index in [0.717, 1.165) is 0 Å². The highest BCUT2D eigenvalue weighted by Gasteiger charge is 2.57. The Hall–Kier alpha value is -1.32. The van der Waals surface area contributed by atoms with Gasteiger partial charge in [-0.1, -0.05) is 20.3 Å². The first-order valence-corrected chi connectivity index (χ1v) is 5.62. The van der Waals surface area contributed by atoms with Crippen molar-refractivity contribution >= 4 is 11.8 Å². The van der Waals surface area contributed by atoms with Crippen LogP contribution in [0.3, 0.4) is 0 Å². The average Bonchev–Trinajstić information content (AvgIpc) is 2.26. The summed E-state index contributed by atoms with van der Waals surface area (Å²) >= 11 is 0. The molecule has 0 bridgehead atoms. The minimum Gasteiger partial charge on any atom is -0.308 e. The molecular weight excluding hydrogens is 294 g/mol. The summed E-state index contributed by atoms with van der Waals surface area (Å²) in [5.74, 6) is -5.84. The van der Waals surface area contributed by atoms with Crippen LogP contribution in [-0.2, 0) is 9.59 Å². The summed E-state index contributed by atoms with van der Waals surface area (Å²) in [6, 6.07) is 0. The summed E-state index contributed by atoms with van der Waals surface area (Å²) in [6.45, 7) is 2.64. The molecule has 4 nitrogen and oxygen atoms in total. The third-order valence-electron chi connectivity index (χ3n) is 2.63. The SMILES string of the molecule is CCCC(N)(CC)N(C(=O)C(F)(F)F)C(=O)C(F)(F)F. The minimum atomic E-state index is -5.63. The molecule has 0 heterocycles. The number of halogens is 6. The van der Waals surface area contributed by atoms with Crippen LogP contribution in [0.15, 0.2) is 0 Å². The maximum Gasteiger partial charge on any atom is 0.471 e. The molecule has 0 fully saturated rings. The molecular formula is C10H14F6N2O2. The number of nitrogens with two attached hydrogens (primary N) is 1. The summed E-state index contributed by atoms with van der Waals surface area (Å²) in [6.07, 6.45) is -12.0. The van der Waals surface area contributed by atoms with Crippen molar-refractivity contribution in [1.82, 2.24) is 4.90 Å². The first-order chi connectivity index (χ1) is 8.81. The van der Waals surface area contributed by atoms with E-state index in [1.54, 1.807) is 0 Å². The van der Waals surface area contributed by atoms with Crippen LogP contribution in [0.5, 0.6) is 0 Å². The molecule has 0 aliphatic heterocycles. The fourth-order valence-electron chi connectivity index (χ4n) is 1.63. The highest BCUT2D eigenvalue weighted by atomic mass is 19.4. The molecule has 0 aromatic carbocycles. The summed E-state index contributed by atoms with van der Waals surface area (Å²) in [5.41, 5.74) is 3.09.